The highest BCUT2D eigenvalue weighted by Crippen LogP contribution is 2.34. The van der Waals surface area contributed by atoms with E-state index in [0.29, 0.717) is 11.0 Å². The Hall–Kier alpha value is -6.08. The molecule has 1 aliphatic heterocycles. The van der Waals surface area contributed by atoms with E-state index in [-0.39, 0.29) is 34.6 Å². The maximum atomic E-state index is 14.1. The number of H-pyrrole nitrogens is 1. The fourth-order valence-electron chi connectivity index (χ4n) is 6.02. The molecule has 5 rings (SSSR count). The van der Waals surface area contributed by atoms with E-state index in [2.05, 4.69) is 11.9 Å². The van der Waals surface area contributed by atoms with Crippen LogP contribution >= 0.6 is 0 Å². The molecule has 13 nitrogen and oxygen atoms in total. The number of hydrogen-bond donors (Lipinski definition) is 1. The molecule has 1 fully saturated rings. The summed E-state index contributed by atoms with van der Waals surface area (Å²) in [6.45, 7) is 3.31. The zero-order chi connectivity index (χ0) is 39.2. The van der Waals surface area contributed by atoms with Gasteiger partial charge in [-0.2, -0.15) is 0 Å². The molecule has 1 saturated heterocycles. The second-order valence-electron chi connectivity index (χ2n) is 12.9. The molecule has 2 heterocycles. The normalized spacial score (nSPS) is 17.8. The fraction of sp³-hybridized carbons (Fsp3) is 0.333. The summed E-state index contributed by atoms with van der Waals surface area (Å²) in [5.41, 5.74) is -1.27. The van der Waals surface area contributed by atoms with Crippen molar-refractivity contribution in [2.75, 3.05) is 13.2 Å². The van der Waals surface area contributed by atoms with Gasteiger partial charge in [-0.3, -0.25) is 4.79 Å². The molecule has 1 aromatic heterocycles. The van der Waals surface area contributed by atoms with Crippen molar-refractivity contribution in [3.8, 4) is 0 Å². The first-order valence-corrected chi connectivity index (χ1v) is 18.3. The lowest BCUT2D eigenvalue weighted by molar-refractivity contribution is -0.137. The van der Waals surface area contributed by atoms with Crippen LogP contribution < -0.4 is 11.2 Å². The number of carbonyl (C=O) groups excluding carboxylic acids is 4. The van der Waals surface area contributed by atoms with Crippen LogP contribution in [0.1, 0.15) is 94.0 Å². The predicted molar refractivity (Wildman–Crippen MR) is 201 cm³/mol. The fourth-order valence-corrected chi connectivity index (χ4v) is 6.02. The third kappa shape index (κ3) is 10.8. The van der Waals surface area contributed by atoms with Crippen molar-refractivity contribution in [3.63, 3.8) is 0 Å². The summed E-state index contributed by atoms with van der Waals surface area (Å²) < 4.78 is 29.6. The first-order valence-electron chi connectivity index (χ1n) is 18.3. The second kappa shape index (κ2) is 19.8. The molecule has 1 aliphatic rings. The summed E-state index contributed by atoms with van der Waals surface area (Å²) in [6, 6.07) is 24.0. The Bertz CT molecular complexity index is 2060. The highest BCUT2D eigenvalue weighted by Gasteiger charge is 2.52. The molecule has 55 heavy (non-hydrogen) atoms. The monoisotopic (exact) mass is 752 g/mol. The molecule has 4 atom stereocenters. The molecule has 4 aromatic rings. The largest absolute Gasteiger partial charge is 0.463 e. The van der Waals surface area contributed by atoms with Crippen LogP contribution in [0.5, 0.6) is 0 Å². The zero-order valence-corrected chi connectivity index (χ0v) is 30.7. The van der Waals surface area contributed by atoms with Crippen molar-refractivity contribution in [2.45, 2.75) is 76.9 Å². The average molecular weight is 753 g/mol. The van der Waals surface area contributed by atoms with E-state index < -0.39 is 66.3 Å². The van der Waals surface area contributed by atoms with Crippen LogP contribution in [-0.4, -0.2) is 65.0 Å². The number of esters is 4. The summed E-state index contributed by atoms with van der Waals surface area (Å²) in [7, 11) is 0. The van der Waals surface area contributed by atoms with Gasteiger partial charge in [-0.15, -0.1) is 0 Å². The molecule has 0 saturated carbocycles. The van der Waals surface area contributed by atoms with Gasteiger partial charge in [-0.05, 0) is 55.8 Å². The molecular weight excluding hydrogens is 708 g/mol. The van der Waals surface area contributed by atoms with Gasteiger partial charge < -0.3 is 28.7 Å². The van der Waals surface area contributed by atoms with E-state index >= 15 is 0 Å². The van der Waals surface area contributed by atoms with Crippen molar-refractivity contribution in [2.24, 2.45) is 0 Å². The van der Waals surface area contributed by atoms with Crippen LogP contribution in [0, 0.1) is 6.92 Å². The third-order valence-electron chi connectivity index (χ3n) is 8.93. The van der Waals surface area contributed by atoms with Gasteiger partial charge in [0.15, 0.2) is 18.4 Å². The van der Waals surface area contributed by atoms with Crippen LogP contribution in [-0.2, 0) is 28.5 Å². The number of aromatic nitrogens is 2. The van der Waals surface area contributed by atoms with Gasteiger partial charge in [0.05, 0.1) is 28.9 Å². The summed E-state index contributed by atoms with van der Waals surface area (Å²) in [5.74, 6) is -3.10. The molecule has 13 heteroatoms. The molecule has 0 bridgehead atoms. The lowest BCUT2D eigenvalue weighted by Gasteiger charge is -2.25. The van der Waals surface area contributed by atoms with Gasteiger partial charge in [-0.25, -0.2) is 28.5 Å². The molecule has 0 aliphatic carbocycles. The Labute approximate surface area is 317 Å². The van der Waals surface area contributed by atoms with Crippen LogP contribution in [0.4, 0.5) is 0 Å². The Kier molecular flexibility index (Phi) is 14.5. The third-order valence-corrected chi connectivity index (χ3v) is 8.93. The van der Waals surface area contributed by atoms with Crippen LogP contribution in [0.2, 0.25) is 0 Å². The zero-order valence-electron chi connectivity index (χ0n) is 30.7. The van der Waals surface area contributed by atoms with E-state index in [1.54, 1.807) is 66.7 Å². The number of carbonyl (C=O) groups is 4. The summed E-state index contributed by atoms with van der Waals surface area (Å²) >= 11 is 0. The van der Waals surface area contributed by atoms with Gasteiger partial charge in [0.1, 0.15) is 12.7 Å². The van der Waals surface area contributed by atoms with Gasteiger partial charge in [-0.1, -0.05) is 93.6 Å². The molecular formula is C42H44N2O11. The molecule has 288 valence electrons. The van der Waals surface area contributed by atoms with E-state index in [4.69, 9.17) is 23.7 Å². The summed E-state index contributed by atoms with van der Waals surface area (Å²) in [5, 5.41) is 0. The Morgan fingerprint density at radius 3 is 1.82 bits per heavy atom. The minimum absolute atomic E-state index is 0.0790. The number of rotatable bonds is 17. The molecule has 0 spiro atoms. The number of nitrogens with zero attached hydrogens (tertiary/aromatic N) is 1. The van der Waals surface area contributed by atoms with Crippen molar-refractivity contribution in [1.82, 2.24) is 9.55 Å². The van der Waals surface area contributed by atoms with Crippen LogP contribution in [0.25, 0.3) is 6.08 Å². The van der Waals surface area contributed by atoms with Crippen LogP contribution in [0.15, 0.2) is 107 Å². The first kappa shape index (κ1) is 40.1. The van der Waals surface area contributed by atoms with Gasteiger partial charge in [0.25, 0.3) is 5.56 Å². The molecule has 3 aromatic carbocycles. The molecule has 1 N–H and O–H groups in total. The first-order chi connectivity index (χ1) is 26.7. The maximum absolute atomic E-state index is 14.1. The van der Waals surface area contributed by atoms with E-state index in [0.717, 1.165) is 38.2 Å². The number of aryl methyl sites for hydroxylation is 1. The number of benzene rings is 3. The molecule has 0 unspecified atom stereocenters. The van der Waals surface area contributed by atoms with Gasteiger partial charge >= 0.3 is 29.6 Å². The van der Waals surface area contributed by atoms with E-state index in [1.165, 1.54) is 37.3 Å². The molecule has 0 amide bonds. The predicted octanol–water partition coefficient (Wildman–Crippen LogP) is 5.97. The average Bonchev–Trinajstić information content (AvgIpc) is 3.52. The lowest BCUT2D eigenvalue weighted by atomic mass is 10.1. The van der Waals surface area contributed by atoms with E-state index in [1.807, 2.05) is 0 Å². The van der Waals surface area contributed by atoms with E-state index in [9.17, 15) is 28.8 Å². The topological polar surface area (TPSA) is 169 Å². The van der Waals surface area contributed by atoms with Crippen LogP contribution in [0.3, 0.4) is 0 Å². The van der Waals surface area contributed by atoms with Crippen molar-refractivity contribution < 1.29 is 42.9 Å². The standard InChI is InChI=1S/C42H44N2O11/c1-3-4-5-6-7-17-26-51-34(45)25-24-32-28(2)43-42(50)44(37(32)46)38-36(55-41(49)31-22-15-10-16-23-31)35(54-40(48)30-20-13-9-14-21-30)33(53-38)27-52-39(47)29-18-11-8-12-19-29/h8-16,18-25,33,35-36,38H,3-7,17,26-27H2,1-2H3,(H,43,50)/b25-24+/t33-,35+,36+,38-/m1/s1. The van der Waals surface area contributed by atoms with Gasteiger partial charge in [0, 0.05) is 11.8 Å². The molecule has 0 radical (unpaired) electrons. The number of nitrogens with one attached hydrogen (secondary N) is 1. The lowest BCUT2D eigenvalue weighted by Crippen LogP contribution is -2.46. The number of hydrogen-bond acceptors (Lipinski definition) is 11. The van der Waals surface area contributed by atoms with Crippen molar-refractivity contribution in [1.29, 1.82) is 0 Å². The summed E-state index contributed by atoms with van der Waals surface area (Å²) in [4.78, 5) is 82.9. The minimum Gasteiger partial charge on any atom is -0.463 e. The Morgan fingerprint density at radius 1 is 0.709 bits per heavy atom. The summed E-state index contributed by atoms with van der Waals surface area (Å²) in [6.07, 6.45) is 2.27. The quantitative estimate of drug-likeness (QED) is 0.0584. The highest BCUT2D eigenvalue weighted by molar-refractivity contribution is 5.91. The maximum Gasteiger partial charge on any atom is 0.338 e. The number of unbranched alkanes of at least 4 members (excludes halogenated alkanes) is 5. The Morgan fingerprint density at radius 2 is 1.24 bits per heavy atom. The number of ether oxygens (including phenoxy) is 5. The van der Waals surface area contributed by atoms with Gasteiger partial charge in [0.2, 0.25) is 0 Å². The minimum atomic E-state index is -1.69. The SMILES string of the molecule is CCCCCCCCOC(=O)/C=C/c1c(C)[nH]c(=O)n([C@@H]2O[C@H](COC(=O)c3ccccc3)[C@H](OC(=O)c3ccccc3)[C@@H]2OC(=O)c2ccccc2)c1=O. The second-order valence-corrected chi connectivity index (χ2v) is 12.9. The van der Waals surface area contributed by atoms with Crippen molar-refractivity contribution in [3.05, 3.63) is 146 Å². The number of aromatic amines is 1. The highest BCUT2D eigenvalue weighted by atomic mass is 16.7. The smallest absolute Gasteiger partial charge is 0.338 e. The van der Waals surface area contributed by atoms with Crippen molar-refractivity contribution >= 4 is 30.0 Å². The Balaban J connectivity index is 1.48.